The van der Waals surface area contributed by atoms with Crippen molar-refractivity contribution in [2.75, 3.05) is 0 Å². The van der Waals surface area contributed by atoms with Gasteiger partial charge in [0.05, 0.1) is 17.9 Å². The highest BCUT2D eigenvalue weighted by atomic mass is 16.4. The Morgan fingerprint density at radius 2 is 1.83 bits per heavy atom. The molecule has 0 fully saturated rings. The number of aromatic hydroxyl groups is 1. The van der Waals surface area contributed by atoms with Crippen LogP contribution in [0, 0.1) is 6.92 Å². The van der Waals surface area contributed by atoms with Gasteiger partial charge in [0.25, 0.3) is 0 Å². The van der Waals surface area contributed by atoms with Crippen LogP contribution in [0.4, 0.5) is 0 Å². The second-order valence-corrected chi connectivity index (χ2v) is 3.02. The summed E-state index contributed by atoms with van der Waals surface area (Å²) in [6.45, 7) is 1.29. The van der Waals surface area contributed by atoms with Crippen LogP contribution < -0.4 is 0 Å². The topological polar surface area (TPSA) is 145 Å². The van der Waals surface area contributed by atoms with Crippen LogP contribution >= 0.6 is 0 Å². The molecule has 0 saturated heterocycles. The number of aromatic nitrogens is 1. The Bertz CT molecular complexity index is 458. The molecule has 8 nitrogen and oxygen atoms in total. The Balaban J connectivity index is 0.000000411. The molecule has 98 valence electrons. The average molecular weight is 257 g/mol. The molecule has 0 radical (unpaired) electrons. The number of pyridine rings is 1. The number of nitrogens with zero attached hydrogens (tertiary/aromatic N) is 1. The largest absolute Gasteiger partial charge is 0.505 e. The summed E-state index contributed by atoms with van der Waals surface area (Å²) in [5.74, 6) is -3.80. The molecule has 1 heterocycles. The third kappa shape index (κ3) is 4.18. The summed E-state index contributed by atoms with van der Waals surface area (Å²) in [6.07, 6.45) is 1.88. The molecule has 0 bridgehead atoms. The summed E-state index contributed by atoms with van der Waals surface area (Å²) < 4.78 is 0. The van der Waals surface area contributed by atoms with E-state index in [9.17, 15) is 9.90 Å². The Morgan fingerprint density at radius 1 is 1.33 bits per heavy atom. The molecule has 0 atom stereocenters. The molecule has 0 aliphatic rings. The van der Waals surface area contributed by atoms with E-state index in [1.54, 1.807) is 6.92 Å². The molecule has 0 aromatic carbocycles. The van der Waals surface area contributed by atoms with Gasteiger partial charge in [-0.1, -0.05) is 0 Å². The van der Waals surface area contributed by atoms with E-state index in [-0.39, 0.29) is 17.9 Å². The Morgan fingerprint density at radius 3 is 2.17 bits per heavy atom. The number of hydrogen-bond donors (Lipinski definition) is 4. The van der Waals surface area contributed by atoms with Crippen molar-refractivity contribution >= 4 is 18.2 Å². The Labute approximate surface area is 101 Å². The van der Waals surface area contributed by atoms with Crippen LogP contribution in [-0.4, -0.2) is 43.6 Å². The SMILES string of the molecule is Cc1ncc(CO)c(C=O)c1O.O=C(O)C(=O)O. The zero-order valence-electron chi connectivity index (χ0n) is 9.32. The predicted octanol–water partition coefficient (Wildman–Crippen LogP) is -0.444. The van der Waals surface area contributed by atoms with E-state index in [1.807, 2.05) is 0 Å². The highest BCUT2D eigenvalue weighted by molar-refractivity contribution is 6.27. The molecule has 0 saturated carbocycles. The van der Waals surface area contributed by atoms with Crippen LogP contribution in [-0.2, 0) is 16.2 Å². The quantitative estimate of drug-likeness (QED) is 0.412. The number of aldehydes is 1. The standard InChI is InChI=1S/C8H9NO3.C2H2O4/c1-5-8(12)7(4-11)6(3-10)2-9-5;3-1(4)2(5)6/h2,4,10,12H,3H2,1H3;(H,3,4)(H,5,6). The number of aryl methyl sites for hydroxylation is 1. The molecule has 1 rings (SSSR count). The highest BCUT2D eigenvalue weighted by Crippen LogP contribution is 2.21. The summed E-state index contributed by atoms with van der Waals surface area (Å²) in [5, 5.41) is 32.8. The first-order valence-corrected chi connectivity index (χ1v) is 4.54. The number of carbonyl (C=O) groups is 3. The molecular weight excluding hydrogens is 246 g/mol. The fourth-order valence-electron chi connectivity index (χ4n) is 0.910. The number of carboxylic acid groups (broad SMARTS) is 2. The van der Waals surface area contributed by atoms with E-state index in [4.69, 9.17) is 24.9 Å². The normalized spacial score (nSPS) is 9.00. The van der Waals surface area contributed by atoms with Gasteiger partial charge < -0.3 is 20.4 Å². The summed E-state index contributed by atoms with van der Waals surface area (Å²) in [7, 11) is 0. The number of hydrogen-bond acceptors (Lipinski definition) is 6. The van der Waals surface area contributed by atoms with E-state index in [1.165, 1.54) is 6.20 Å². The minimum atomic E-state index is -1.82. The lowest BCUT2D eigenvalue weighted by Gasteiger charge is -2.04. The van der Waals surface area contributed by atoms with Gasteiger partial charge >= 0.3 is 11.9 Å². The Kier molecular flexibility index (Phi) is 6.01. The van der Waals surface area contributed by atoms with E-state index >= 15 is 0 Å². The zero-order valence-corrected chi connectivity index (χ0v) is 9.32. The van der Waals surface area contributed by atoms with Crippen molar-refractivity contribution in [3.63, 3.8) is 0 Å². The van der Waals surface area contributed by atoms with Crippen LogP contribution in [0.5, 0.6) is 5.75 Å². The molecular formula is C10H11NO7. The number of aliphatic hydroxyl groups excluding tert-OH is 1. The first kappa shape index (κ1) is 15.5. The first-order chi connectivity index (χ1) is 8.34. The van der Waals surface area contributed by atoms with Crippen LogP contribution in [0.25, 0.3) is 0 Å². The van der Waals surface area contributed by atoms with Crippen molar-refractivity contribution in [3.8, 4) is 5.75 Å². The fraction of sp³-hybridized carbons (Fsp3) is 0.200. The van der Waals surface area contributed by atoms with Crippen LogP contribution in [0.15, 0.2) is 6.20 Å². The van der Waals surface area contributed by atoms with E-state index in [2.05, 4.69) is 4.98 Å². The van der Waals surface area contributed by atoms with Crippen molar-refractivity contribution in [3.05, 3.63) is 23.0 Å². The summed E-state index contributed by atoms with van der Waals surface area (Å²) in [4.78, 5) is 32.4. The first-order valence-electron chi connectivity index (χ1n) is 4.54. The van der Waals surface area contributed by atoms with Crippen molar-refractivity contribution in [1.82, 2.24) is 4.98 Å². The molecule has 4 N–H and O–H groups in total. The lowest BCUT2D eigenvalue weighted by Crippen LogP contribution is -2.09. The fourth-order valence-corrected chi connectivity index (χ4v) is 0.910. The van der Waals surface area contributed by atoms with Crippen LogP contribution in [0.1, 0.15) is 21.6 Å². The maximum absolute atomic E-state index is 10.5. The summed E-state index contributed by atoms with van der Waals surface area (Å²) in [5.41, 5.74) is 0.840. The van der Waals surface area contributed by atoms with E-state index in [0.29, 0.717) is 17.5 Å². The lowest BCUT2D eigenvalue weighted by atomic mass is 10.1. The van der Waals surface area contributed by atoms with Crippen molar-refractivity contribution in [2.45, 2.75) is 13.5 Å². The highest BCUT2D eigenvalue weighted by Gasteiger charge is 2.09. The Hall–Kier alpha value is -2.48. The van der Waals surface area contributed by atoms with Gasteiger partial charge in [0, 0.05) is 11.8 Å². The molecule has 0 amide bonds. The van der Waals surface area contributed by atoms with Gasteiger partial charge in [-0.05, 0) is 6.92 Å². The van der Waals surface area contributed by atoms with Crippen LogP contribution in [0.3, 0.4) is 0 Å². The minimum Gasteiger partial charge on any atom is -0.505 e. The predicted molar refractivity (Wildman–Crippen MR) is 57.2 cm³/mol. The average Bonchev–Trinajstić information content (AvgIpc) is 2.33. The number of aliphatic hydroxyl groups is 1. The maximum atomic E-state index is 10.5. The van der Waals surface area contributed by atoms with Crippen molar-refractivity contribution in [2.24, 2.45) is 0 Å². The molecule has 1 aromatic rings. The number of aliphatic carboxylic acids is 2. The molecule has 18 heavy (non-hydrogen) atoms. The smallest absolute Gasteiger partial charge is 0.414 e. The number of carbonyl (C=O) groups excluding carboxylic acids is 1. The van der Waals surface area contributed by atoms with Gasteiger partial charge in [-0.15, -0.1) is 0 Å². The van der Waals surface area contributed by atoms with Crippen molar-refractivity contribution in [1.29, 1.82) is 0 Å². The number of rotatable bonds is 2. The molecule has 0 unspecified atom stereocenters. The van der Waals surface area contributed by atoms with Gasteiger partial charge in [-0.3, -0.25) is 9.78 Å². The summed E-state index contributed by atoms with van der Waals surface area (Å²) >= 11 is 0. The molecule has 0 aliphatic carbocycles. The molecule has 1 aromatic heterocycles. The summed E-state index contributed by atoms with van der Waals surface area (Å²) in [6, 6.07) is 0. The van der Waals surface area contributed by atoms with Gasteiger partial charge in [0.2, 0.25) is 0 Å². The maximum Gasteiger partial charge on any atom is 0.414 e. The lowest BCUT2D eigenvalue weighted by molar-refractivity contribution is -0.159. The van der Waals surface area contributed by atoms with Gasteiger partial charge in [0.15, 0.2) is 6.29 Å². The van der Waals surface area contributed by atoms with E-state index < -0.39 is 11.9 Å². The molecule has 0 spiro atoms. The van der Waals surface area contributed by atoms with Gasteiger partial charge in [0.1, 0.15) is 5.75 Å². The van der Waals surface area contributed by atoms with Crippen molar-refractivity contribution < 1.29 is 34.8 Å². The number of carboxylic acids is 2. The molecule has 8 heteroatoms. The second-order valence-electron chi connectivity index (χ2n) is 3.02. The third-order valence-electron chi connectivity index (χ3n) is 1.83. The zero-order chi connectivity index (χ0) is 14.3. The van der Waals surface area contributed by atoms with E-state index in [0.717, 1.165) is 0 Å². The van der Waals surface area contributed by atoms with Gasteiger partial charge in [-0.25, -0.2) is 9.59 Å². The van der Waals surface area contributed by atoms with Crippen LogP contribution in [0.2, 0.25) is 0 Å². The van der Waals surface area contributed by atoms with Gasteiger partial charge in [-0.2, -0.15) is 0 Å². The second kappa shape index (κ2) is 6.97. The third-order valence-corrected chi connectivity index (χ3v) is 1.83. The monoisotopic (exact) mass is 257 g/mol. The minimum absolute atomic E-state index is 0.116. The molecule has 0 aliphatic heterocycles.